The number of rotatable bonds is 3. The van der Waals surface area contributed by atoms with E-state index in [4.69, 9.17) is 0 Å². The van der Waals surface area contributed by atoms with Gasteiger partial charge in [0.1, 0.15) is 0 Å². The van der Waals surface area contributed by atoms with Crippen molar-refractivity contribution < 1.29 is 8.42 Å². The minimum absolute atomic E-state index is 0.0121. The molecule has 1 aromatic heterocycles. The molecule has 21 heavy (non-hydrogen) atoms. The molecule has 0 saturated heterocycles. The molecule has 0 aliphatic carbocycles. The molecule has 0 aliphatic rings. The van der Waals surface area contributed by atoms with Crippen molar-refractivity contribution in [2.45, 2.75) is 26.2 Å². The van der Waals surface area contributed by atoms with Gasteiger partial charge in [0.05, 0.1) is 6.26 Å². The highest BCUT2D eigenvalue weighted by molar-refractivity contribution is 7.92. The van der Waals surface area contributed by atoms with Gasteiger partial charge in [0.25, 0.3) is 0 Å². The van der Waals surface area contributed by atoms with Crippen LogP contribution in [0, 0.1) is 0 Å². The summed E-state index contributed by atoms with van der Waals surface area (Å²) in [6, 6.07) is 11.3. The summed E-state index contributed by atoms with van der Waals surface area (Å²) in [7, 11) is -3.27. The predicted molar refractivity (Wildman–Crippen MR) is 86.8 cm³/mol. The SMILES string of the molecule is CC(C)(C)c1ccc(-c2cccc(NS(C)(=O)=O)c2)cn1. The van der Waals surface area contributed by atoms with E-state index in [9.17, 15) is 8.42 Å². The van der Waals surface area contributed by atoms with E-state index < -0.39 is 10.0 Å². The van der Waals surface area contributed by atoms with Crippen molar-refractivity contribution in [1.29, 1.82) is 0 Å². The van der Waals surface area contributed by atoms with E-state index in [1.165, 1.54) is 0 Å². The highest BCUT2D eigenvalue weighted by atomic mass is 32.2. The number of nitrogens with one attached hydrogen (secondary N) is 1. The molecular weight excluding hydrogens is 284 g/mol. The quantitative estimate of drug-likeness (QED) is 0.945. The van der Waals surface area contributed by atoms with Gasteiger partial charge in [0.2, 0.25) is 10.0 Å². The fraction of sp³-hybridized carbons (Fsp3) is 0.312. The van der Waals surface area contributed by atoms with Crippen LogP contribution in [0.4, 0.5) is 5.69 Å². The van der Waals surface area contributed by atoms with Gasteiger partial charge in [-0.2, -0.15) is 0 Å². The van der Waals surface area contributed by atoms with Gasteiger partial charge in [0.15, 0.2) is 0 Å². The molecule has 2 aromatic rings. The number of anilines is 1. The standard InChI is InChI=1S/C16H20N2O2S/c1-16(2,3)15-9-8-13(11-17-15)12-6-5-7-14(10-12)18-21(4,19)20/h5-11,18H,1-4H3. The van der Waals surface area contributed by atoms with E-state index in [1.807, 2.05) is 30.5 Å². The van der Waals surface area contributed by atoms with Gasteiger partial charge in [-0.05, 0) is 23.8 Å². The molecule has 4 nitrogen and oxygen atoms in total. The van der Waals surface area contributed by atoms with Gasteiger partial charge in [-0.15, -0.1) is 0 Å². The Balaban J connectivity index is 2.32. The lowest BCUT2D eigenvalue weighted by Crippen LogP contribution is -2.12. The maximum Gasteiger partial charge on any atom is 0.229 e. The molecule has 0 saturated carbocycles. The highest BCUT2D eigenvalue weighted by Gasteiger charge is 2.15. The normalized spacial score (nSPS) is 12.2. The Hall–Kier alpha value is -1.88. The van der Waals surface area contributed by atoms with Crippen molar-refractivity contribution in [3.63, 3.8) is 0 Å². The molecule has 1 aromatic carbocycles. The van der Waals surface area contributed by atoms with Gasteiger partial charge < -0.3 is 0 Å². The van der Waals surface area contributed by atoms with Crippen LogP contribution in [0.5, 0.6) is 0 Å². The van der Waals surface area contributed by atoms with Crippen LogP contribution in [0.3, 0.4) is 0 Å². The van der Waals surface area contributed by atoms with Crippen molar-refractivity contribution >= 4 is 15.7 Å². The Kier molecular flexibility index (Phi) is 4.05. The molecular formula is C16H20N2O2S. The zero-order valence-corrected chi connectivity index (χ0v) is 13.5. The summed E-state index contributed by atoms with van der Waals surface area (Å²) in [6.45, 7) is 6.35. The van der Waals surface area contributed by atoms with Crippen molar-refractivity contribution in [1.82, 2.24) is 4.98 Å². The van der Waals surface area contributed by atoms with Gasteiger partial charge in [-0.3, -0.25) is 9.71 Å². The summed E-state index contributed by atoms with van der Waals surface area (Å²) in [5.74, 6) is 0. The molecule has 5 heteroatoms. The largest absolute Gasteiger partial charge is 0.284 e. The van der Waals surface area contributed by atoms with Gasteiger partial charge >= 0.3 is 0 Å². The molecule has 0 bridgehead atoms. The molecule has 1 N–H and O–H groups in total. The topological polar surface area (TPSA) is 59.1 Å². The van der Waals surface area contributed by atoms with Crippen molar-refractivity contribution in [2.24, 2.45) is 0 Å². The fourth-order valence-electron chi connectivity index (χ4n) is 1.98. The Bertz CT molecular complexity index is 730. The third-order valence-electron chi connectivity index (χ3n) is 3.03. The summed E-state index contributed by atoms with van der Waals surface area (Å²) in [4.78, 5) is 4.49. The molecule has 1 heterocycles. The Morgan fingerprint density at radius 3 is 2.29 bits per heavy atom. The average Bonchev–Trinajstić information content (AvgIpc) is 2.36. The molecule has 0 atom stereocenters. The van der Waals surface area contributed by atoms with E-state index >= 15 is 0 Å². The first kappa shape index (κ1) is 15.5. The van der Waals surface area contributed by atoms with Gasteiger partial charge in [-0.25, -0.2) is 8.42 Å². The summed E-state index contributed by atoms with van der Waals surface area (Å²) >= 11 is 0. The van der Waals surface area contributed by atoms with E-state index in [2.05, 4.69) is 30.5 Å². The number of hydrogen-bond acceptors (Lipinski definition) is 3. The zero-order valence-electron chi connectivity index (χ0n) is 12.7. The molecule has 0 spiro atoms. The lowest BCUT2D eigenvalue weighted by molar-refractivity contribution is 0.569. The number of benzene rings is 1. The number of aromatic nitrogens is 1. The smallest absolute Gasteiger partial charge is 0.229 e. The van der Waals surface area contributed by atoms with E-state index in [1.54, 1.807) is 12.1 Å². The summed E-state index contributed by atoms with van der Waals surface area (Å²) < 4.78 is 25.0. The monoisotopic (exact) mass is 304 g/mol. The van der Waals surface area contributed by atoms with E-state index in [0.717, 1.165) is 23.1 Å². The second-order valence-electron chi connectivity index (χ2n) is 6.14. The van der Waals surface area contributed by atoms with Crippen LogP contribution in [-0.2, 0) is 15.4 Å². The number of pyridine rings is 1. The molecule has 2 rings (SSSR count). The Labute approximate surface area is 126 Å². The molecule has 112 valence electrons. The first-order valence-electron chi connectivity index (χ1n) is 6.70. The molecule has 0 aliphatic heterocycles. The second-order valence-corrected chi connectivity index (χ2v) is 7.89. The van der Waals surface area contributed by atoms with E-state index in [0.29, 0.717) is 5.69 Å². The van der Waals surface area contributed by atoms with Crippen LogP contribution in [-0.4, -0.2) is 19.7 Å². The molecule has 0 amide bonds. The van der Waals surface area contributed by atoms with Crippen LogP contribution in [0.25, 0.3) is 11.1 Å². The van der Waals surface area contributed by atoms with Crippen LogP contribution in [0.2, 0.25) is 0 Å². The molecule has 0 unspecified atom stereocenters. The van der Waals surface area contributed by atoms with Crippen LogP contribution in [0.1, 0.15) is 26.5 Å². The zero-order chi connectivity index (χ0) is 15.7. The third-order valence-corrected chi connectivity index (χ3v) is 3.64. The van der Waals surface area contributed by atoms with Crippen molar-refractivity contribution in [2.75, 3.05) is 11.0 Å². The number of nitrogens with zero attached hydrogens (tertiary/aromatic N) is 1. The second kappa shape index (κ2) is 5.48. The fourth-order valence-corrected chi connectivity index (χ4v) is 2.54. The average molecular weight is 304 g/mol. The van der Waals surface area contributed by atoms with Crippen LogP contribution < -0.4 is 4.72 Å². The lowest BCUT2D eigenvalue weighted by Gasteiger charge is -2.17. The maximum atomic E-state index is 11.3. The van der Waals surface area contributed by atoms with Gasteiger partial charge in [-0.1, -0.05) is 39.0 Å². The van der Waals surface area contributed by atoms with E-state index in [-0.39, 0.29) is 5.41 Å². The lowest BCUT2D eigenvalue weighted by atomic mass is 9.91. The summed E-state index contributed by atoms with van der Waals surface area (Å²) in [6.07, 6.45) is 2.96. The van der Waals surface area contributed by atoms with Crippen LogP contribution >= 0.6 is 0 Å². The minimum Gasteiger partial charge on any atom is -0.284 e. The van der Waals surface area contributed by atoms with Crippen molar-refractivity contribution in [3.8, 4) is 11.1 Å². The molecule has 0 fully saturated rings. The molecule has 0 radical (unpaired) electrons. The first-order valence-corrected chi connectivity index (χ1v) is 8.59. The third kappa shape index (κ3) is 4.29. The summed E-state index contributed by atoms with van der Waals surface area (Å²) in [5, 5.41) is 0. The Morgan fingerprint density at radius 1 is 1.05 bits per heavy atom. The maximum absolute atomic E-state index is 11.3. The summed E-state index contributed by atoms with van der Waals surface area (Å²) in [5.41, 5.74) is 3.47. The van der Waals surface area contributed by atoms with Gasteiger partial charge in [0, 0.05) is 28.6 Å². The van der Waals surface area contributed by atoms with Crippen LogP contribution in [0.15, 0.2) is 42.6 Å². The minimum atomic E-state index is -3.27. The first-order chi connectivity index (χ1) is 9.65. The highest BCUT2D eigenvalue weighted by Crippen LogP contribution is 2.25. The number of hydrogen-bond donors (Lipinski definition) is 1. The Morgan fingerprint density at radius 2 is 1.76 bits per heavy atom. The van der Waals surface area contributed by atoms with Crippen molar-refractivity contribution in [3.05, 3.63) is 48.3 Å². The number of sulfonamides is 1. The predicted octanol–water partition coefficient (Wildman–Crippen LogP) is 3.42.